The predicted molar refractivity (Wildman–Crippen MR) is 106 cm³/mol. The molecule has 0 aliphatic rings. The second-order valence-electron chi connectivity index (χ2n) is 4.91. The van der Waals surface area contributed by atoms with Crippen LogP contribution in [0.2, 0.25) is 5.02 Å². The molecule has 0 heterocycles. The Morgan fingerprint density at radius 1 is 1.40 bits per heavy atom. The van der Waals surface area contributed by atoms with Gasteiger partial charge in [0.1, 0.15) is 23.1 Å². The van der Waals surface area contributed by atoms with Gasteiger partial charge in [-0.2, -0.15) is 5.26 Å². The highest BCUT2D eigenvalue weighted by Gasteiger charge is 2.13. The van der Waals surface area contributed by atoms with Crippen LogP contribution >= 0.6 is 34.2 Å². The lowest BCUT2D eigenvalue weighted by Crippen LogP contribution is -2.13. The minimum Gasteiger partial charge on any atom is -0.506 e. The van der Waals surface area contributed by atoms with E-state index in [1.54, 1.807) is 30.3 Å². The Bertz CT molecular complexity index is 858. The Hall–Kier alpha value is -2.24. The molecule has 7 heteroatoms. The van der Waals surface area contributed by atoms with Gasteiger partial charge in [-0.15, -0.1) is 0 Å². The van der Waals surface area contributed by atoms with Crippen LogP contribution in [0.25, 0.3) is 6.08 Å². The number of phenolic OH excluding ortho intramolecular Hbond substituents is 1. The van der Waals surface area contributed by atoms with E-state index < -0.39 is 5.91 Å². The monoisotopic (exact) mass is 468 g/mol. The van der Waals surface area contributed by atoms with E-state index in [1.807, 2.05) is 35.6 Å². The van der Waals surface area contributed by atoms with Gasteiger partial charge in [0, 0.05) is 16.3 Å². The third-order valence-corrected chi connectivity index (χ3v) is 4.19. The highest BCUT2D eigenvalue weighted by Crippen LogP contribution is 2.30. The van der Waals surface area contributed by atoms with Gasteiger partial charge in [0.25, 0.3) is 5.91 Å². The van der Waals surface area contributed by atoms with E-state index in [4.69, 9.17) is 16.3 Å². The summed E-state index contributed by atoms with van der Waals surface area (Å²) in [6.07, 6.45) is 1.30. The second kappa shape index (κ2) is 8.74. The SMILES string of the molecule is CCOc1ccc(NC(=O)/C(C#N)=C\c2cc(Cl)cc(I)c2O)cc1. The lowest BCUT2D eigenvalue weighted by molar-refractivity contribution is -0.112. The fourth-order valence-corrected chi connectivity index (χ4v) is 3.06. The van der Waals surface area contributed by atoms with E-state index in [2.05, 4.69) is 5.32 Å². The molecule has 0 bridgehead atoms. The van der Waals surface area contributed by atoms with Crippen LogP contribution < -0.4 is 10.1 Å². The van der Waals surface area contributed by atoms with Crippen LogP contribution in [-0.2, 0) is 4.79 Å². The quantitative estimate of drug-likeness (QED) is 0.382. The fourth-order valence-electron chi connectivity index (χ4n) is 2.00. The molecule has 0 aromatic heterocycles. The number of anilines is 1. The normalized spacial score (nSPS) is 10.9. The molecule has 2 aromatic rings. The number of nitrogens with one attached hydrogen (secondary N) is 1. The number of nitrogens with zero attached hydrogens (tertiary/aromatic N) is 1. The van der Waals surface area contributed by atoms with Crippen molar-refractivity contribution in [2.24, 2.45) is 0 Å². The summed E-state index contributed by atoms with van der Waals surface area (Å²) < 4.78 is 5.86. The number of ether oxygens (including phenoxy) is 1. The number of benzene rings is 2. The molecule has 128 valence electrons. The third-order valence-electron chi connectivity index (χ3n) is 3.15. The maximum absolute atomic E-state index is 12.3. The fraction of sp³-hybridized carbons (Fsp3) is 0.111. The molecule has 1 amide bonds. The van der Waals surface area contributed by atoms with Crippen molar-refractivity contribution in [2.45, 2.75) is 6.92 Å². The maximum atomic E-state index is 12.3. The Labute approximate surface area is 164 Å². The van der Waals surface area contributed by atoms with Crippen LogP contribution in [0.15, 0.2) is 42.0 Å². The molecule has 2 N–H and O–H groups in total. The van der Waals surface area contributed by atoms with E-state index in [1.165, 1.54) is 12.1 Å². The minimum absolute atomic E-state index is 0.0355. The summed E-state index contributed by atoms with van der Waals surface area (Å²) in [5.74, 6) is 0.0719. The van der Waals surface area contributed by atoms with E-state index in [0.29, 0.717) is 32.2 Å². The van der Waals surface area contributed by atoms with Crippen molar-refractivity contribution in [3.63, 3.8) is 0 Å². The average molecular weight is 469 g/mol. The number of hydrogen-bond donors (Lipinski definition) is 2. The smallest absolute Gasteiger partial charge is 0.266 e. The van der Waals surface area contributed by atoms with Crippen LogP contribution in [0.5, 0.6) is 11.5 Å². The van der Waals surface area contributed by atoms with Gasteiger partial charge in [0.2, 0.25) is 0 Å². The van der Waals surface area contributed by atoms with Gasteiger partial charge >= 0.3 is 0 Å². The number of nitriles is 1. The predicted octanol–water partition coefficient (Wildman–Crippen LogP) is 4.59. The number of rotatable bonds is 5. The summed E-state index contributed by atoms with van der Waals surface area (Å²) in [5.41, 5.74) is 0.678. The molecule has 0 radical (unpaired) electrons. The molecular formula is C18H14ClIN2O3. The lowest BCUT2D eigenvalue weighted by atomic mass is 10.1. The van der Waals surface area contributed by atoms with Crippen molar-refractivity contribution >= 4 is 51.9 Å². The zero-order valence-corrected chi connectivity index (χ0v) is 16.1. The van der Waals surface area contributed by atoms with E-state index in [0.717, 1.165) is 0 Å². The van der Waals surface area contributed by atoms with E-state index in [-0.39, 0.29) is 11.3 Å². The Morgan fingerprint density at radius 3 is 2.68 bits per heavy atom. The summed E-state index contributed by atoms with van der Waals surface area (Å²) in [6, 6.07) is 11.7. The van der Waals surface area contributed by atoms with Crippen molar-refractivity contribution in [2.75, 3.05) is 11.9 Å². The minimum atomic E-state index is -0.582. The largest absolute Gasteiger partial charge is 0.506 e. The van der Waals surface area contributed by atoms with Crippen LogP contribution in [0.3, 0.4) is 0 Å². The van der Waals surface area contributed by atoms with Crippen molar-refractivity contribution in [3.05, 3.63) is 56.1 Å². The molecule has 2 rings (SSSR count). The second-order valence-corrected chi connectivity index (χ2v) is 6.51. The average Bonchev–Trinajstić information content (AvgIpc) is 2.58. The third kappa shape index (κ3) is 5.11. The summed E-state index contributed by atoms with van der Waals surface area (Å²) in [6.45, 7) is 2.43. The van der Waals surface area contributed by atoms with Gasteiger partial charge in [0.15, 0.2) is 0 Å². The first kappa shape index (κ1) is 19.1. The summed E-state index contributed by atoms with van der Waals surface area (Å²) in [7, 11) is 0. The van der Waals surface area contributed by atoms with Gasteiger partial charge in [-0.25, -0.2) is 0 Å². The van der Waals surface area contributed by atoms with Crippen molar-refractivity contribution in [1.82, 2.24) is 0 Å². The van der Waals surface area contributed by atoms with E-state index in [9.17, 15) is 15.2 Å². The van der Waals surface area contributed by atoms with Crippen LogP contribution in [0, 0.1) is 14.9 Å². The maximum Gasteiger partial charge on any atom is 0.266 e. The first-order chi connectivity index (χ1) is 11.9. The lowest BCUT2D eigenvalue weighted by Gasteiger charge is -2.07. The summed E-state index contributed by atoms with van der Waals surface area (Å²) in [4.78, 5) is 12.3. The molecule has 25 heavy (non-hydrogen) atoms. The Balaban J connectivity index is 2.23. The van der Waals surface area contributed by atoms with Gasteiger partial charge in [-0.05, 0) is 72.0 Å². The molecular weight excluding hydrogens is 455 g/mol. The number of carbonyl (C=O) groups excluding carboxylic acids is 1. The van der Waals surface area contributed by atoms with Crippen LogP contribution in [-0.4, -0.2) is 17.6 Å². The van der Waals surface area contributed by atoms with Crippen molar-refractivity contribution in [3.8, 4) is 17.6 Å². The van der Waals surface area contributed by atoms with Gasteiger partial charge in [0.05, 0.1) is 10.2 Å². The molecule has 0 aliphatic carbocycles. The number of amides is 1. The molecule has 0 atom stereocenters. The first-order valence-corrected chi connectivity index (χ1v) is 8.74. The number of phenols is 1. The number of aromatic hydroxyl groups is 1. The molecule has 0 unspecified atom stereocenters. The Kier molecular flexibility index (Phi) is 6.67. The number of halogens is 2. The highest BCUT2D eigenvalue weighted by molar-refractivity contribution is 14.1. The molecule has 0 aliphatic heterocycles. The molecule has 0 saturated carbocycles. The van der Waals surface area contributed by atoms with Gasteiger partial charge < -0.3 is 15.2 Å². The van der Waals surface area contributed by atoms with Crippen LogP contribution in [0.1, 0.15) is 12.5 Å². The van der Waals surface area contributed by atoms with Crippen LogP contribution in [0.4, 0.5) is 5.69 Å². The molecule has 0 saturated heterocycles. The zero-order valence-electron chi connectivity index (χ0n) is 13.2. The molecule has 5 nitrogen and oxygen atoms in total. The standard InChI is InChI=1S/C18H14ClIN2O3/c1-2-25-15-5-3-14(4-6-15)22-18(24)12(10-21)7-11-8-13(19)9-16(20)17(11)23/h3-9,23H,2H2,1H3,(H,22,24)/b12-7-. The first-order valence-electron chi connectivity index (χ1n) is 7.28. The topological polar surface area (TPSA) is 82.3 Å². The molecule has 2 aromatic carbocycles. The number of hydrogen-bond acceptors (Lipinski definition) is 4. The summed E-state index contributed by atoms with van der Waals surface area (Å²) >= 11 is 7.88. The Morgan fingerprint density at radius 2 is 2.08 bits per heavy atom. The van der Waals surface area contributed by atoms with Gasteiger partial charge in [-0.1, -0.05) is 11.6 Å². The van der Waals surface area contributed by atoms with E-state index >= 15 is 0 Å². The summed E-state index contributed by atoms with van der Waals surface area (Å²) in [5, 5.41) is 22.3. The van der Waals surface area contributed by atoms with Crippen molar-refractivity contribution in [1.29, 1.82) is 5.26 Å². The molecule has 0 fully saturated rings. The zero-order chi connectivity index (χ0) is 18.4. The van der Waals surface area contributed by atoms with Gasteiger partial charge in [-0.3, -0.25) is 4.79 Å². The van der Waals surface area contributed by atoms with Crippen molar-refractivity contribution < 1.29 is 14.6 Å². The highest BCUT2D eigenvalue weighted by atomic mass is 127. The number of carbonyl (C=O) groups is 1. The molecule has 0 spiro atoms.